The molecular weight excluding hydrogens is 476 g/mol. The number of benzene rings is 1. The zero-order valence-electron chi connectivity index (χ0n) is 23.1. The molecule has 2 atom stereocenters. The van der Waals surface area contributed by atoms with Crippen molar-refractivity contribution in [1.82, 2.24) is 0 Å². The van der Waals surface area contributed by atoms with Gasteiger partial charge >= 0.3 is 23.9 Å². The fourth-order valence-electron chi connectivity index (χ4n) is 5.58. The van der Waals surface area contributed by atoms with Crippen LogP contribution in [-0.2, 0) is 49.0 Å². The Bertz CT molecular complexity index is 1300. The Hall–Kier alpha value is -3.68. The normalized spacial score (nSPS) is 20.9. The third-order valence-corrected chi connectivity index (χ3v) is 7.27. The van der Waals surface area contributed by atoms with Crippen LogP contribution >= 0.6 is 0 Å². The molecule has 3 rings (SSSR count). The first-order valence-corrected chi connectivity index (χ1v) is 11.9. The lowest BCUT2D eigenvalue weighted by atomic mass is 9.56. The fourth-order valence-corrected chi connectivity index (χ4v) is 5.58. The number of aryl methyl sites for hydroxylation is 1. The van der Waals surface area contributed by atoms with Crippen molar-refractivity contribution < 1.29 is 38.1 Å². The summed E-state index contributed by atoms with van der Waals surface area (Å²) >= 11 is 0. The Labute approximate surface area is 217 Å². The molecule has 0 fully saturated rings. The number of esters is 4. The molecule has 1 aromatic rings. The van der Waals surface area contributed by atoms with Gasteiger partial charge in [-0.2, -0.15) is 0 Å². The first-order valence-electron chi connectivity index (χ1n) is 11.9. The van der Waals surface area contributed by atoms with Gasteiger partial charge in [0.05, 0.1) is 39.6 Å². The minimum atomic E-state index is -1.89. The summed E-state index contributed by atoms with van der Waals surface area (Å²) in [6.07, 6.45) is 1.65. The van der Waals surface area contributed by atoms with Crippen molar-refractivity contribution in [3.05, 3.63) is 62.8 Å². The van der Waals surface area contributed by atoms with Crippen LogP contribution in [0.3, 0.4) is 0 Å². The molecule has 37 heavy (non-hydrogen) atoms. The number of carbonyl (C=O) groups excluding carboxylic acids is 4. The molecule has 0 aromatic heterocycles. The second kappa shape index (κ2) is 9.65. The molecule has 0 amide bonds. The number of hydrogen-bond donors (Lipinski definition) is 0. The maximum Gasteiger partial charge on any atom is 0.335 e. The van der Waals surface area contributed by atoms with Crippen LogP contribution in [0.25, 0.3) is 5.57 Å². The number of ether oxygens (including phenoxy) is 4. The Kier molecular flexibility index (Phi) is 7.28. The summed E-state index contributed by atoms with van der Waals surface area (Å²) in [5, 5.41) is 0. The highest BCUT2D eigenvalue weighted by Gasteiger charge is 2.60. The van der Waals surface area contributed by atoms with Gasteiger partial charge in [0.1, 0.15) is 5.92 Å². The third kappa shape index (κ3) is 3.99. The van der Waals surface area contributed by atoms with E-state index in [-0.39, 0.29) is 27.7 Å². The first-order chi connectivity index (χ1) is 17.2. The van der Waals surface area contributed by atoms with Crippen molar-refractivity contribution >= 4 is 29.5 Å². The molecule has 0 N–H and O–H groups in total. The molecule has 8 nitrogen and oxygen atoms in total. The lowest BCUT2D eigenvalue weighted by Crippen LogP contribution is -2.51. The summed E-state index contributed by atoms with van der Waals surface area (Å²) in [6.45, 7) is 11.4. The number of allylic oxidation sites excluding steroid dienone is 2. The number of methoxy groups -OCH3 is 4. The summed E-state index contributed by atoms with van der Waals surface area (Å²) in [5.74, 6) is -4.50. The summed E-state index contributed by atoms with van der Waals surface area (Å²) in [4.78, 5) is 53.9. The largest absolute Gasteiger partial charge is 0.468 e. The van der Waals surface area contributed by atoms with Crippen LogP contribution in [0, 0.1) is 12.8 Å². The van der Waals surface area contributed by atoms with Crippen LogP contribution in [0.15, 0.2) is 40.5 Å². The van der Waals surface area contributed by atoms with E-state index in [0.29, 0.717) is 5.56 Å². The van der Waals surface area contributed by atoms with Crippen molar-refractivity contribution in [3.8, 4) is 0 Å². The Morgan fingerprint density at radius 1 is 0.838 bits per heavy atom. The van der Waals surface area contributed by atoms with E-state index in [1.165, 1.54) is 35.4 Å². The predicted molar refractivity (Wildman–Crippen MR) is 136 cm³/mol. The van der Waals surface area contributed by atoms with Gasteiger partial charge in [0.2, 0.25) is 0 Å². The monoisotopic (exact) mass is 510 g/mol. The second-order valence-corrected chi connectivity index (χ2v) is 10.4. The molecule has 2 aliphatic carbocycles. The second-order valence-electron chi connectivity index (χ2n) is 10.4. The molecule has 0 aliphatic heterocycles. The van der Waals surface area contributed by atoms with Gasteiger partial charge in [-0.25, -0.2) is 9.59 Å². The standard InChI is InChI=1S/C29H34O8/c1-14-11-17(28(4,5)6)13-19-20(14)15(2)12-18-22(25(31)35-8)21(24(30)34-7)16(3)23(26(32)36-9)29(18,19)27(33)37-10/h11-13,21H,1-10H3/t21-,29-/m1/s1. The molecule has 0 heterocycles. The van der Waals surface area contributed by atoms with Crippen molar-refractivity contribution in [2.45, 2.75) is 52.4 Å². The summed E-state index contributed by atoms with van der Waals surface area (Å²) in [6, 6.07) is 3.92. The van der Waals surface area contributed by atoms with Crippen molar-refractivity contribution in [2.24, 2.45) is 5.92 Å². The first kappa shape index (κ1) is 27.9. The Morgan fingerprint density at radius 3 is 1.92 bits per heavy atom. The van der Waals surface area contributed by atoms with E-state index in [2.05, 4.69) is 0 Å². The third-order valence-electron chi connectivity index (χ3n) is 7.27. The van der Waals surface area contributed by atoms with Crippen molar-refractivity contribution in [2.75, 3.05) is 28.4 Å². The molecular formula is C29H34O8. The minimum Gasteiger partial charge on any atom is -0.468 e. The van der Waals surface area contributed by atoms with Gasteiger partial charge in [-0.1, -0.05) is 39.0 Å². The quantitative estimate of drug-likeness (QED) is 0.444. The van der Waals surface area contributed by atoms with Crippen LogP contribution in [0.1, 0.15) is 56.9 Å². The molecule has 198 valence electrons. The van der Waals surface area contributed by atoms with E-state index < -0.39 is 35.2 Å². The van der Waals surface area contributed by atoms with Crippen molar-refractivity contribution in [3.63, 3.8) is 0 Å². The van der Waals surface area contributed by atoms with E-state index in [1.54, 1.807) is 6.08 Å². The fraction of sp³-hybridized carbons (Fsp3) is 0.448. The number of carbonyl (C=O) groups is 4. The van der Waals surface area contributed by atoms with E-state index in [0.717, 1.165) is 22.3 Å². The Morgan fingerprint density at radius 2 is 1.43 bits per heavy atom. The molecule has 8 heteroatoms. The SMILES string of the molecule is COC(=O)C1=C2C=C(C)c3c(C)cc(C(C)(C)C)cc3[C@@]2(C(=O)OC)C(C(=O)OC)=C(C)[C@H]1C(=O)OC. The molecule has 0 saturated heterocycles. The number of hydrogen-bond acceptors (Lipinski definition) is 8. The van der Waals surface area contributed by atoms with Gasteiger partial charge in [0, 0.05) is 0 Å². The van der Waals surface area contributed by atoms with E-state index >= 15 is 0 Å². The zero-order chi connectivity index (χ0) is 28.0. The maximum atomic E-state index is 14.0. The molecule has 0 saturated carbocycles. The van der Waals surface area contributed by atoms with Gasteiger partial charge in [0.25, 0.3) is 0 Å². The summed E-state index contributed by atoms with van der Waals surface area (Å²) in [5.41, 5.74) is 1.66. The molecule has 1 aromatic carbocycles. The number of fused-ring (bicyclic) bond motifs is 3. The molecule has 0 bridgehead atoms. The Balaban J connectivity index is 2.74. The van der Waals surface area contributed by atoms with Crippen molar-refractivity contribution in [1.29, 1.82) is 0 Å². The molecule has 2 aliphatic rings. The van der Waals surface area contributed by atoms with Crippen LogP contribution in [-0.4, -0.2) is 52.3 Å². The zero-order valence-corrected chi connectivity index (χ0v) is 23.1. The van der Waals surface area contributed by atoms with Crippen LogP contribution in [0.5, 0.6) is 0 Å². The molecule has 0 unspecified atom stereocenters. The molecule has 0 spiro atoms. The van der Waals surface area contributed by atoms with Gasteiger partial charge in [-0.15, -0.1) is 0 Å². The average molecular weight is 511 g/mol. The van der Waals surface area contributed by atoms with Crippen LogP contribution < -0.4 is 0 Å². The maximum absolute atomic E-state index is 14.0. The summed E-state index contributed by atoms with van der Waals surface area (Å²) in [7, 11) is 4.79. The molecule has 0 radical (unpaired) electrons. The van der Waals surface area contributed by atoms with Crippen LogP contribution in [0.2, 0.25) is 0 Å². The van der Waals surface area contributed by atoms with Gasteiger partial charge in [-0.05, 0) is 65.2 Å². The van der Waals surface area contributed by atoms with Crippen LogP contribution in [0.4, 0.5) is 0 Å². The lowest BCUT2D eigenvalue weighted by molar-refractivity contribution is -0.150. The highest BCUT2D eigenvalue weighted by Crippen LogP contribution is 2.56. The predicted octanol–water partition coefficient (Wildman–Crippen LogP) is 3.88. The topological polar surface area (TPSA) is 105 Å². The highest BCUT2D eigenvalue weighted by atomic mass is 16.5. The summed E-state index contributed by atoms with van der Waals surface area (Å²) < 4.78 is 20.6. The van der Waals surface area contributed by atoms with E-state index in [9.17, 15) is 19.2 Å². The average Bonchev–Trinajstić information content (AvgIpc) is 2.85. The highest BCUT2D eigenvalue weighted by molar-refractivity contribution is 6.13. The lowest BCUT2D eigenvalue weighted by Gasteiger charge is -2.45. The van der Waals surface area contributed by atoms with Gasteiger partial charge < -0.3 is 18.9 Å². The van der Waals surface area contributed by atoms with Gasteiger partial charge in [-0.3, -0.25) is 9.59 Å². The minimum absolute atomic E-state index is 0.0876. The van der Waals surface area contributed by atoms with E-state index in [1.807, 2.05) is 46.8 Å². The number of rotatable bonds is 4. The smallest absolute Gasteiger partial charge is 0.335 e. The van der Waals surface area contributed by atoms with Gasteiger partial charge in [0.15, 0.2) is 5.41 Å². The van der Waals surface area contributed by atoms with E-state index in [4.69, 9.17) is 18.9 Å².